The third-order valence-electron chi connectivity index (χ3n) is 2.45. The molecule has 0 spiro atoms. The first-order valence-electron chi connectivity index (χ1n) is 5.53. The van der Waals surface area contributed by atoms with Crippen LogP contribution in [-0.4, -0.2) is 28.2 Å². The minimum atomic E-state index is -0.560. The van der Waals surface area contributed by atoms with E-state index in [1.165, 1.54) is 12.1 Å². The molecule has 5 nitrogen and oxygen atoms in total. The molecule has 0 bridgehead atoms. The number of aryl methyl sites for hydroxylation is 2. The SMILES string of the molecule is Cc1cc(=O)cc(C)n1CC(=O)NCC(C)O. The molecule has 0 aromatic carbocycles. The number of amides is 1. The average Bonchev–Trinajstić information content (AvgIpc) is 2.20. The topological polar surface area (TPSA) is 71.3 Å². The minimum Gasteiger partial charge on any atom is -0.392 e. The summed E-state index contributed by atoms with van der Waals surface area (Å²) in [5.41, 5.74) is 1.45. The fourth-order valence-corrected chi connectivity index (χ4v) is 1.60. The fraction of sp³-hybridized carbons (Fsp3) is 0.500. The predicted octanol–water partition coefficient (Wildman–Crippen LogP) is -0.0379. The van der Waals surface area contributed by atoms with Crippen LogP contribution in [0.1, 0.15) is 18.3 Å². The highest BCUT2D eigenvalue weighted by molar-refractivity contribution is 5.75. The lowest BCUT2D eigenvalue weighted by molar-refractivity contribution is -0.122. The summed E-state index contributed by atoms with van der Waals surface area (Å²) in [5, 5.41) is 11.7. The lowest BCUT2D eigenvalue weighted by atomic mass is 10.3. The molecule has 0 fully saturated rings. The van der Waals surface area contributed by atoms with Crippen LogP contribution in [0.2, 0.25) is 0 Å². The lowest BCUT2D eigenvalue weighted by Gasteiger charge is -2.14. The van der Waals surface area contributed by atoms with Gasteiger partial charge in [0.2, 0.25) is 5.91 Å². The third kappa shape index (κ3) is 4.03. The van der Waals surface area contributed by atoms with Crippen molar-refractivity contribution in [1.29, 1.82) is 0 Å². The van der Waals surface area contributed by atoms with Gasteiger partial charge in [0.05, 0.1) is 6.10 Å². The van der Waals surface area contributed by atoms with Crippen molar-refractivity contribution in [2.24, 2.45) is 0 Å². The van der Waals surface area contributed by atoms with Crippen LogP contribution < -0.4 is 10.7 Å². The molecule has 1 aromatic rings. The molecule has 0 saturated carbocycles. The molecule has 0 aliphatic carbocycles. The fourth-order valence-electron chi connectivity index (χ4n) is 1.60. The van der Waals surface area contributed by atoms with Gasteiger partial charge in [-0.25, -0.2) is 0 Å². The van der Waals surface area contributed by atoms with Gasteiger partial charge in [-0.15, -0.1) is 0 Å². The van der Waals surface area contributed by atoms with Crippen molar-refractivity contribution in [3.05, 3.63) is 33.7 Å². The average molecular weight is 238 g/mol. The van der Waals surface area contributed by atoms with Crippen LogP contribution in [0.15, 0.2) is 16.9 Å². The molecule has 1 rings (SSSR count). The van der Waals surface area contributed by atoms with E-state index in [9.17, 15) is 9.59 Å². The van der Waals surface area contributed by atoms with Crippen LogP contribution in [0.25, 0.3) is 0 Å². The Labute approximate surface area is 100 Å². The van der Waals surface area contributed by atoms with Crippen molar-refractivity contribution in [2.45, 2.75) is 33.4 Å². The normalized spacial score (nSPS) is 12.2. The molecule has 0 saturated heterocycles. The zero-order valence-corrected chi connectivity index (χ0v) is 10.4. The summed E-state index contributed by atoms with van der Waals surface area (Å²) in [6.07, 6.45) is -0.560. The molecule has 1 aromatic heterocycles. The molecular formula is C12H18N2O3. The quantitative estimate of drug-likeness (QED) is 0.773. The summed E-state index contributed by atoms with van der Waals surface area (Å²) in [6.45, 7) is 5.57. The van der Waals surface area contributed by atoms with Crippen LogP contribution in [-0.2, 0) is 11.3 Å². The highest BCUT2D eigenvalue weighted by Gasteiger charge is 2.07. The second-order valence-corrected chi connectivity index (χ2v) is 4.21. The Hall–Kier alpha value is -1.62. The maximum atomic E-state index is 11.6. The van der Waals surface area contributed by atoms with E-state index < -0.39 is 6.10 Å². The van der Waals surface area contributed by atoms with E-state index in [0.717, 1.165) is 11.4 Å². The van der Waals surface area contributed by atoms with Gasteiger partial charge in [-0.05, 0) is 20.8 Å². The van der Waals surface area contributed by atoms with Crippen LogP contribution in [0.4, 0.5) is 0 Å². The van der Waals surface area contributed by atoms with Gasteiger partial charge in [-0.3, -0.25) is 9.59 Å². The summed E-state index contributed by atoms with van der Waals surface area (Å²) < 4.78 is 1.76. The van der Waals surface area contributed by atoms with E-state index in [-0.39, 0.29) is 24.4 Å². The van der Waals surface area contributed by atoms with Gasteiger partial charge in [-0.2, -0.15) is 0 Å². The van der Waals surface area contributed by atoms with Crippen LogP contribution in [0, 0.1) is 13.8 Å². The zero-order chi connectivity index (χ0) is 13.0. The molecule has 1 unspecified atom stereocenters. The molecule has 0 aliphatic rings. The number of aromatic nitrogens is 1. The van der Waals surface area contributed by atoms with Crippen LogP contribution in [0.3, 0.4) is 0 Å². The molecule has 0 radical (unpaired) electrons. The second kappa shape index (κ2) is 5.63. The van der Waals surface area contributed by atoms with Crippen molar-refractivity contribution in [3.8, 4) is 0 Å². The van der Waals surface area contributed by atoms with Crippen molar-refractivity contribution >= 4 is 5.91 Å². The van der Waals surface area contributed by atoms with E-state index in [4.69, 9.17) is 5.11 Å². The van der Waals surface area contributed by atoms with Gasteiger partial charge in [-0.1, -0.05) is 0 Å². The first kappa shape index (κ1) is 13.4. The molecule has 2 N–H and O–H groups in total. The van der Waals surface area contributed by atoms with E-state index in [1.807, 2.05) is 0 Å². The Kier molecular flexibility index (Phi) is 4.45. The van der Waals surface area contributed by atoms with Crippen molar-refractivity contribution < 1.29 is 9.90 Å². The summed E-state index contributed by atoms with van der Waals surface area (Å²) in [4.78, 5) is 22.8. The summed E-state index contributed by atoms with van der Waals surface area (Å²) in [6, 6.07) is 2.99. The number of nitrogens with zero attached hydrogens (tertiary/aromatic N) is 1. The molecule has 5 heteroatoms. The Morgan fingerprint density at radius 3 is 2.41 bits per heavy atom. The van der Waals surface area contributed by atoms with Gasteiger partial charge in [0.1, 0.15) is 6.54 Å². The predicted molar refractivity (Wildman–Crippen MR) is 64.9 cm³/mol. The van der Waals surface area contributed by atoms with Gasteiger partial charge in [0.25, 0.3) is 0 Å². The monoisotopic (exact) mass is 238 g/mol. The second-order valence-electron chi connectivity index (χ2n) is 4.21. The smallest absolute Gasteiger partial charge is 0.240 e. The van der Waals surface area contributed by atoms with E-state index >= 15 is 0 Å². The number of nitrogens with one attached hydrogen (secondary N) is 1. The van der Waals surface area contributed by atoms with Gasteiger partial charge >= 0.3 is 0 Å². The third-order valence-corrected chi connectivity index (χ3v) is 2.45. The molecule has 1 amide bonds. The Morgan fingerprint density at radius 1 is 1.41 bits per heavy atom. The molecule has 0 aliphatic heterocycles. The molecule has 17 heavy (non-hydrogen) atoms. The molecular weight excluding hydrogens is 220 g/mol. The van der Waals surface area contributed by atoms with Crippen molar-refractivity contribution in [3.63, 3.8) is 0 Å². The van der Waals surface area contributed by atoms with Crippen LogP contribution >= 0.6 is 0 Å². The number of carbonyl (C=O) groups is 1. The first-order chi connectivity index (χ1) is 7.90. The number of hydrogen-bond donors (Lipinski definition) is 2. The summed E-state index contributed by atoms with van der Waals surface area (Å²) >= 11 is 0. The number of rotatable bonds is 4. The maximum Gasteiger partial charge on any atom is 0.240 e. The van der Waals surface area contributed by atoms with Gasteiger partial charge < -0.3 is 15.0 Å². The molecule has 94 valence electrons. The van der Waals surface area contributed by atoms with Crippen molar-refractivity contribution in [2.75, 3.05) is 6.54 Å². The highest BCUT2D eigenvalue weighted by Crippen LogP contribution is 2.01. The molecule has 1 atom stereocenters. The number of pyridine rings is 1. The Morgan fingerprint density at radius 2 is 1.94 bits per heavy atom. The standard InChI is InChI=1S/C12H18N2O3/c1-8-4-11(16)5-9(2)14(8)7-12(17)13-6-10(3)15/h4-5,10,15H,6-7H2,1-3H3,(H,13,17). The number of aliphatic hydroxyl groups is 1. The number of hydrogen-bond acceptors (Lipinski definition) is 3. The molecule has 1 heterocycles. The Balaban J connectivity index is 2.75. The largest absolute Gasteiger partial charge is 0.392 e. The maximum absolute atomic E-state index is 11.6. The number of carbonyl (C=O) groups excluding carboxylic acids is 1. The van der Waals surface area contributed by atoms with Crippen LogP contribution in [0.5, 0.6) is 0 Å². The van der Waals surface area contributed by atoms with Gasteiger partial charge in [0.15, 0.2) is 5.43 Å². The number of aliphatic hydroxyl groups excluding tert-OH is 1. The summed E-state index contributed by atoms with van der Waals surface area (Å²) in [5.74, 6) is -0.180. The Bertz CT molecular complexity index is 437. The first-order valence-corrected chi connectivity index (χ1v) is 5.53. The van der Waals surface area contributed by atoms with E-state index in [2.05, 4.69) is 5.32 Å². The van der Waals surface area contributed by atoms with Crippen molar-refractivity contribution in [1.82, 2.24) is 9.88 Å². The summed E-state index contributed by atoms with van der Waals surface area (Å²) in [7, 11) is 0. The zero-order valence-electron chi connectivity index (χ0n) is 10.4. The van der Waals surface area contributed by atoms with E-state index in [1.54, 1.807) is 25.3 Å². The minimum absolute atomic E-state index is 0.0550. The lowest BCUT2D eigenvalue weighted by Crippen LogP contribution is -2.34. The highest BCUT2D eigenvalue weighted by atomic mass is 16.3. The van der Waals surface area contributed by atoms with Gasteiger partial charge in [0, 0.05) is 30.1 Å². The van der Waals surface area contributed by atoms with E-state index in [0.29, 0.717) is 0 Å².